The molecule has 0 spiro atoms. The first-order valence-corrected chi connectivity index (χ1v) is 31.6. The van der Waals surface area contributed by atoms with Gasteiger partial charge in [-0.25, -0.2) is 4.79 Å². The van der Waals surface area contributed by atoms with Crippen LogP contribution in [0.25, 0.3) is 5.57 Å². The lowest BCUT2D eigenvalue weighted by Crippen LogP contribution is -2.55. The molecule has 0 saturated heterocycles. The summed E-state index contributed by atoms with van der Waals surface area (Å²) in [7, 11) is 2.09. The maximum absolute atomic E-state index is 13.0. The van der Waals surface area contributed by atoms with E-state index in [1.807, 2.05) is 13.8 Å². The Hall–Kier alpha value is -3.26. The maximum Gasteiger partial charge on any atom is 0.512 e. The Kier molecular flexibility index (Phi) is 41.4. The minimum atomic E-state index is -0.853. The van der Waals surface area contributed by atoms with Gasteiger partial charge in [0.2, 0.25) is 6.23 Å². The Labute approximate surface area is 461 Å². The fourth-order valence-electron chi connectivity index (χ4n) is 9.70. The molecule has 2 unspecified atom stereocenters. The van der Waals surface area contributed by atoms with Crippen LogP contribution in [0, 0.1) is 5.92 Å². The van der Waals surface area contributed by atoms with Crippen LogP contribution in [-0.2, 0) is 38.1 Å². The van der Waals surface area contributed by atoms with Gasteiger partial charge < -0.3 is 28.4 Å². The molecule has 75 heavy (non-hydrogen) atoms. The zero-order chi connectivity index (χ0) is 54.5. The monoisotopic (exact) mass is 1080 g/mol. The van der Waals surface area contributed by atoms with E-state index in [0.29, 0.717) is 42.8 Å². The summed E-state index contributed by atoms with van der Waals surface area (Å²) >= 11 is 1.16. The van der Waals surface area contributed by atoms with Gasteiger partial charge in [-0.05, 0) is 38.0 Å². The van der Waals surface area contributed by atoms with Crippen molar-refractivity contribution in [1.82, 2.24) is 8.75 Å². The Morgan fingerprint density at radius 3 is 1.47 bits per heavy atom. The third-order valence-electron chi connectivity index (χ3n) is 14.9. The fourth-order valence-corrected chi connectivity index (χ4v) is 10.2. The summed E-state index contributed by atoms with van der Waals surface area (Å²) in [4.78, 5) is 51.3. The number of likely N-dealkylation sites (N-methyl/N-ethyl adjacent to an activating group) is 1. The molecule has 1 aliphatic heterocycles. The smallest absolute Gasteiger partial charge is 0.475 e. The number of esters is 3. The molecule has 0 fully saturated rings. The SMILES string of the molecule is CCCCCCCCCCCCCCCC(=O)OCC(COC(=O)CCCCCCCCCCCCCCC)OC(=O)CCCCCC(C)COC(=O)O[C@H](C)[N+]1(C)CCC=C(c2nsnc2OCCCCCC)C1. The minimum absolute atomic E-state index is 0.111. The zero-order valence-corrected chi connectivity index (χ0v) is 49.6. The Bertz CT molecular complexity index is 1580. The molecule has 0 bridgehead atoms. The number of carbonyl (C=O) groups excluding carboxylic acids is 4. The predicted octanol–water partition coefficient (Wildman–Crippen LogP) is 16.8. The second-order valence-electron chi connectivity index (χ2n) is 22.2. The normalized spacial score (nSPS) is 15.3. The summed E-state index contributed by atoms with van der Waals surface area (Å²) in [5, 5.41) is 0. The van der Waals surface area contributed by atoms with Crippen LogP contribution in [0.4, 0.5) is 4.79 Å². The van der Waals surface area contributed by atoms with E-state index in [9.17, 15) is 19.2 Å². The highest BCUT2D eigenvalue weighted by Crippen LogP contribution is 2.32. The molecule has 2 rings (SSSR count). The number of hydrogen-bond donors (Lipinski definition) is 0. The second-order valence-corrected chi connectivity index (χ2v) is 22.7. The van der Waals surface area contributed by atoms with Crippen LogP contribution in [0.2, 0.25) is 0 Å². The van der Waals surface area contributed by atoms with Crippen molar-refractivity contribution in [2.45, 2.75) is 291 Å². The molecule has 1 aromatic rings. The molecule has 14 heteroatoms. The van der Waals surface area contributed by atoms with Crippen LogP contribution < -0.4 is 4.74 Å². The molecule has 0 radical (unpaired) electrons. The van der Waals surface area contributed by atoms with Crippen molar-refractivity contribution < 1.29 is 52.1 Å². The van der Waals surface area contributed by atoms with Gasteiger partial charge >= 0.3 is 24.1 Å². The molecule has 3 atom stereocenters. The Morgan fingerprint density at radius 2 is 0.973 bits per heavy atom. The van der Waals surface area contributed by atoms with E-state index < -0.39 is 24.5 Å². The molecular weight excluding hydrogens is 967 g/mol. The molecule has 0 N–H and O–H groups in total. The van der Waals surface area contributed by atoms with Crippen molar-refractivity contribution in [3.8, 4) is 5.88 Å². The van der Waals surface area contributed by atoms with E-state index in [4.69, 9.17) is 28.4 Å². The lowest BCUT2D eigenvalue weighted by molar-refractivity contribution is -0.944. The third-order valence-corrected chi connectivity index (χ3v) is 15.4. The van der Waals surface area contributed by atoms with Crippen LogP contribution >= 0.6 is 11.7 Å². The number of quaternary nitrogens is 1. The van der Waals surface area contributed by atoms with Crippen molar-refractivity contribution in [3.05, 3.63) is 11.8 Å². The lowest BCUT2D eigenvalue weighted by atomic mass is 10.0. The van der Waals surface area contributed by atoms with Crippen LogP contribution in [-0.4, -0.2) is 96.2 Å². The van der Waals surface area contributed by atoms with Gasteiger partial charge in [-0.3, -0.25) is 18.9 Å². The molecule has 0 amide bonds. The summed E-state index contributed by atoms with van der Waals surface area (Å²) in [6, 6.07) is 0. The lowest BCUT2D eigenvalue weighted by Gasteiger charge is -2.41. The van der Waals surface area contributed by atoms with E-state index >= 15 is 0 Å². The summed E-state index contributed by atoms with van der Waals surface area (Å²) in [5.41, 5.74) is 1.84. The maximum atomic E-state index is 13.0. The van der Waals surface area contributed by atoms with Crippen LogP contribution in [0.5, 0.6) is 5.88 Å². The molecule has 0 aromatic carbocycles. The number of unbranched alkanes of at least 4 members (excludes halogenated alkanes) is 29. The van der Waals surface area contributed by atoms with E-state index in [1.54, 1.807) is 0 Å². The number of aromatic nitrogens is 2. The second kappa shape index (κ2) is 45.7. The van der Waals surface area contributed by atoms with Crippen molar-refractivity contribution in [2.24, 2.45) is 5.92 Å². The van der Waals surface area contributed by atoms with Crippen LogP contribution in [0.3, 0.4) is 0 Å². The molecule has 434 valence electrons. The number of carbonyl (C=O) groups is 4. The minimum Gasteiger partial charge on any atom is -0.475 e. The van der Waals surface area contributed by atoms with Crippen molar-refractivity contribution >= 4 is 41.4 Å². The number of ether oxygens (including phenoxy) is 6. The Morgan fingerprint density at radius 1 is 0.533 bits per heavy atom. The molecular formula is C61H110N3O10S+. The first-order chi connectivity index (χ1) is 36.5. The summed E-state index contributed by atoms with van der Waals surface area (Å²) < 4.78 is 43.8. The van der Waals surface area contributed by atoms with Crippen molar-refractivity contribution in [3.63, 3.8) is 0 Å². The average molecular weight is 1080 g/mol. The van der Waals surface area contributed by atoms with Crippen LogP contribution in [0.1, 0.15) is 284 Å². The highest BCUT2D eigenvalue weighted by Gasteiger charge is 2.37. The van der Waals surface area contributed by atoms with Gasteiger partial charge in [0.1, 0.15) is 25.5 Å². The molecule has 0 saturated carbocycles. The number of hydrogen-bond acceptors (Lipinski definition) is 13. The van der Waals surface area contributed by atoms with Crippen molar-refractivity contribution in [2.75, 3.05) is 46.6 Å². The van der Waals surface area contributed by atoms with Gasteiger partial charge in [0.05, 0.1) is 38.5 Å². The highest BCUT2D eigenvalue weighted by molar-refractivity contribution is 6.99. The van der Waals surface area contributed by atoms with Gasteiger partial charge in [-0.15, -0.1) is 4.37 Å². The number of nitrogens with zero attached hydrogens (tertiary/aromatic N) is 3. The van der Waals surface area contributed by atoms with E-state index in [2.05, 4.69) is 42.6 Å². The predicted molar refractivity (Wildman–Crippen MR) is 305 cm³/mol. The van der Waals surface area contributed by atoms with Gasteiger partial charge in [-0.1, -0.05) is 220 Å². The summed E-state index contributed by atoms with van der Waals surface area (Å²) in [6.07, 6.45) is 41.5. The Balaban J connectivity index is 1.70. The molecule has 1 aromatic heterocycles. The third kappa shape index (κ3) is 35.7. The van der Waals surface area contributed by atoms with Gasteiger partial charge in [-0.2, -0.15) is 4.37 Å². The first kappa shape index (κ1) is 67.8. The topological polar surface area (TPSA) is 149 Å². The molecule has 2 heterocycles. The van der Waals surface area contributed by atoms with Gasteiger partial charge in [0.15, 0.2) is 6.10 Å². The highest BCUT2D eigenvalue weighted by atomic mass is 32.1. The quantitative estimate of drug-likeness (QED) is 0.0264. The number of rotatable bonds is 50. The first-order valence-electron chi connectivity index (χ1n) is 30.8. The molecule has 13 nitrogen and oxygen atoms in total. The van der Waals surface area contributed by atoms with Gasteiger partial charge in [0.25, 0.3) is 5.88 Å². The summed E-state index contributed by atoms with van der Waals surface area (Å²) in [5.74, 6) is -0.349. The zero-order valence-electron chi connectivity index (χ0n) is 48.8. The fraction of sp³-hybridized carbons (Fsp3) is 0.869. The average Bonchev–Trinajstić information content (AvgIpc) is 3.87. The molecule has 0 aliphatic carbocycles. The van der Waals surface area contributed by atoms with Gasteiger partial charge in [0, 0.05) is 38.2 Å². The van der Waals surface area contributed by atoms with E-state index in [-0.39, 0.29) is 44.1 Å². The largest absolute Gasteiger partial charge is 0.512 e. The van der Waals surface area contributed by atoms with Crippen molar-refractivity contribution in [1.29, 1.82) is 0 Å². The van der Waals surface area contributed by atoms with E-state index in [0.717, 1.165) is 107 Å². The van der Waals surface area contributed by atoms with Crippen LogP contribution in [0.15, 0.2) is 6.08 Å². The van der Waals surface area contributed by atoms with E-state index in [1.165, 1.54) is 141 Å². The molecule has 1 aliphatic rings. The standard InChI is InChI=1S/C61H110N3O10S/c1-7-10-13-16-18-20-22-24-26-28-30-32-36-43-56(65)70-50-55(51-71-57(66)44-37-33-31-29-27-25-23-21-19-17-14-11-8-2)74-58(67)45-38-34-35-41-52(4)49-72-61(68)73-53(5)64(6)46-40-42-54(48-64)59-60(63-75-62-59)69-47-39-15-12-9-3/h42,52-53,55H,7-41,43-51H2,1-6H3/q+1/t52?,53-,64?/m1/s1. The summed E-state index contributed by atoms with van der Waals surface area (Å²) in [6.45, 7) is 12.7.